The zero-order valence-corrected chi connectivity index (χ0v) is 13.2. The van der Waals surface area contributed by atoms with Crippen molar-refractivity contribution in [1.29, 1.82) is 0 Å². The predicted molar refractivity (Wildman–Crippen MR) is 87.1 cm³/mol. The molecule has 0 spiro atoms. The molecular weight excluding hydrogens is 312 g/mol. The highest BCUT2D eigenvalue weighted by Crippen LogP contribution is 2.26. The van der Waals surface area contributed by atoms with Gasteiger partial charge < -0.3 is 13.9 Å². The van der Waals surface area contributed by atoms with Gasteiger partial charge in [0.05, 0.1) is 12.9 Å². The number of hydrogen-bond donors (Lipinski definition) is 2. The van der Waals surface area contributed by atoms with E-state index in [1.54, 1.807) is 30.3 Å². The van der Waals surface area contributed by atoms with Crippen molar-refractivity contribution in [2.75, 3.05) is 13.2 Å². The standard InChI is InChI=1S/C17H18N2O5/c1-2-22-14-7-3-4-8-15(14)24-12-17(21)19-18-16(20)10-9-13-6-5-11-23-13/h3-11H,2,12H2,1H3,(H,18,20)(H,19,21)/b10-9+. The highest BCUT2D eigenvalue weighted by molar-refractivity contribution is 5.92. The number of ether oxygens (including phenoxy) is 2. The third kappa shape index (κ3) is 5.53. The van der Waals surface area contributed by atoms with E-state index in [0.717, 1.165) is 0 Å². The average molecular weight is 330 g/mol. The lowest BCUT2D eigenvalue weighted by atomic mass is 10.3. The molecule has 0 saturated carbocycles. The van der Waals surface area contributed by atoms with Gasteiger partial charge in [0.2, 0.25) is 0 Å². The maximum atomic E-state index is 11.7. The maximum absolute atomic E-state index is 11.7. The van der Waals surface area contributed by atoms with E-state index in [1.807, 2.05) is 13.0 Å². The van der Waals surface area contributed by atoms with Crippen molar-refractivity contribution >= 4 is 17.9 Å². The SMILES string of the molecule is CCOc1ccccc1OCC(=O)NNC(=O)/C=C/c1ccco1. The maximum Gasteiger partial charge on any atom is 0.276 e. The molecule has 1 aromatic carbocycles. The summed E-state index contributed by atoms with van der Waals surface area (Å²) in [7, 11) is 0. The van der Waals surface area contributed by atoms with Gasteiger partial charge in [-0.3, -0.25) is 20.4 Å². The molecule has 0 aliphatic heterocycles. The lowest BCUT2D eigenvalue weighted by molar-refractivity contribution is -0.128. The molecular formula is C17H18N2O5. The molecule has 7 nitrogen and oxygen atoms in total. The van der Waals surface area contributed by atoms with Crippen molar-refractivity contribution in [3.05, 3.63) is 54.5 Å². The Labute approximate surface area is 139 Å². The van der Waals surface area contributed by atoms with Crippen LogP contribution in [0.15, 0.2) is 53.2 Å². The molecule has 0 bridgehead atoms. The molecule has 1 aromatic heterocycles. The number of hydrogen-bond acceptors (Lipinski definition) is 5. The molecule has 7 heteroatoms. The molecule has 0 aliphatic rings. The fourth-order valence-electron chi connectivity index (χ4n) is 1.74. The molecule has 0 saturated heterocycles. The third-order valence-electron chi connectivity index (χ3n) is 2.78. The molecule has 2 amide bonds. The van der Waals surface area contributed by atoms with Crippen LogP contribution in [-0.4, -0.2) is 25.0 Å². The van der Waals surface area contributed by atoms with Crippen molar-refractivity contribution in [1.82, 2.24) is 10.9 Å². The summed E-state index contributed by atoms with van der Waals surface area (Å²) < 4.78 is 15.8. The highest BCUT2D eigenvalue weighted by atomic mass is 16.5. The van der Waals surface area contributed by atoms with Gasteiger partial charge in [0.25, 0.3) is 11.8 Å². The number of rotatable bonds is 7. The van der Waals surface area contributed by atoms with E-state index in [1.165, 1.54) is 18.4 Å². The zero-order chi connectivity index (χ0) is 17.2. The third-order valence-corrected chi connectivity index (χ3v) is 2.78. The first-order chi connectivity index (χ1) is 11.7. The lowest BCUT2D eigenvalue weighted by Gasteiger charge is -2.11. The Morgan fingerprint density at radius 1 is 1.08 bits per heavy atom. The number of furan rings is 1. The van der Waals surface area contributed by atoms with Gasteiger partial charge in [-0.05, 0) is 37.3 Å². The predicted octanol–water partition coefficient (Wildman–Crippen LogP) is 1.92. The molecule has 0 atom stereocenters. The summed E-state index contributed by atoms with van der Waals surface area (Å²) in [4.78, 5) is 23.2. The molecule has 2 rings (SSSR count). The second-order valence-corrected chi connectivity index (χ2v) is 4.55. The van der Waals surface area contributed by atoms with Crippen LogP contribution in [0.5, 0.6) is 11.5 Å². The first-order valence-electron chi connectivity index (χ1n) is 7.34. The van der Waals surface area contributed by atoms with E-state index in [4.69, 9.17) is 13.9 Å². The van der Waals surface area contributed by atoms with Gasteiger partial charge in [-0.2, -0.15) is 0 Å². The van der Waals surface area contributed by atoms with Gasteiger partial charge in [0.15, 0.2) is 18.1 Å². The smallest absolute Gasteiger partial charge is 0.276 e. The topological polar surface area (TPSA) is 89.8 Å². The first-order valence-corrected chi connectivity index (χ1v) is 7.34. The molecule has 24 heavy (non-hydrogen) atoms. The number of benzene rings is 1. The molecule has 0 radical (unpaired) electrons. The highest BCUT2D eigenvalue weighted by Gasteiger charge is 2.07. The van der Waals surface area contributed by atoms with Crippen LogP contribution in [-0.2, 0) is 9.59 Å². The normalized spacial score (nSPS) is 10.4. The number of nitrogens with one attached hydrogen (secondary N) is 2. The molecule has 0 fully saturated rings. The number of amides is 2. The number of hydrazine groups is 1. The minimum absolute atomic E-state index is 0.258. The van der Waals surface area contributed by atoms with Crippen LogP contribution in [0.2, 0.25) is 0 Å². The summed E-state index contributed by atoms with van der Waals surface area (Å²) in [6, 6.07) is 10.4. The summed E-state index contributed by atoms with van der Waals surface area (Å²) in [5.74, 6) is 0.555. The Morgan fingerprint density at radius 3 is 2.50 bits per heavy atom. The minimum Gasteiger partial charge on any atom is -0.490 e. The van der Waals surface area contributed by atoms with E-state index in [9.17, 15) is 9.59 Å². The zero-order valence-electron chi connectivity index (χ0n) is 13.2. The van der Waals surface area contributed by atoms with Gasteiger partial charge in [0.1, 0.15) is 5.76 Å². The molecule has 2 aromatic rings. The van der Waals surface area contributed by atoms with Gasteiger partial charge in [-0.15, -0.1) is 0 Å². The van der Waals surface area contributed by atoms with Crippen molar-refractivity contribution in [3.8, 4) is 11.5 Å². The second-order valence-electron chi connectivity index (χ2n) is 4.55. The van der Waals surface area contributed by atoms with E-state index >= 15 is 0 Å². The summed E-state index contributed by atoms with van der Waals surface area (Å²) >= 11 is 0. The van der Waals surface area contributed by atoms with Gasteiger partial charge in [-0.25, -0.2) is 0 Å². The Bertz CT molecular complexity index is 695. The summed E-state index contributed by atoms with van der Waals surface area (Å²) in [5, 5.41) is 0. The van der Waals surface area contributed by atoms with Gasteiger partial charge >= 0.3 is 0 Å². The number of carbonyl (C=O) groups excluding carboxylic acids is 2. The molecule has 0 aliphatic carbocycles. The molecule has 0 unspecified atom stereocenters. The Kier molecular flexibility index (Phi) is 6.46. The van der Waals surface area contributed by atoms with Crippen LogP contribution in [0.1, 0.15) is 12.7 Å². The summed E-state index contributed by atoms with van der Waals surface area (Å²) in [6.45, 7) is 2.09. The van der Waals surface area contributed by atoms with Crippen LogP contribution in [0.3, 0.4) is 0 Å². The van der Waals surface area contributed by atoms with Gasteiger partial charge in [-0.1, -0.05) is 12.1 Å². The van der Waals surface area contributed by atoms with Crippen LogP contribution in [0.4, 0.5) is 0 Å². The Morgan fingerprint density at radius 2 is 1.83 bits per heavy atom. The molecule has 2 N–H and O–H groups in total. The minimum atomic E-state index is -0.499. The fraction of sp³-hybridized carbons (Fsp3) is 0.176. The van der Waals surface area contributed by atoms with Crippen molar-refractivity contribution in [3.63, 3.8) is 0 Å². The van der Waals surface area contributed by atoms with Crippen LogP contribution in [0.25, 0.3) is 6.08 Å². The summed E-state index contributed by atoms with van der Waals surface area (Å²) in [5.41, 5.74) is 4.49. The van der Waals surface area contributed by atoms with E-state index in [-0.39, 0.29) is 6.61 Å². The van der Waals surface area contributed by atoms with Crippen LogP contribution >= 0.6 is 0 Å². The second kappa shape index (κ2) is 9.04. The quantitative estimate of drug-likeness (QED) is 0.598. The lowest BCUT2D eigenvalue weighted by Crippen LogP contribution is -2.43. The monoisotopic (exact) mass is 330 g/mol. The molecule has 126 valence electrons. The van der Waals surface area contributed by atoms with Crippen molar-refractivity contribution in [2.45, 2.75) is 6.92 Å². The van der Waals surface area contributed by atoms with E-state index < -0.39 is 11.8 Å². The largest absolute Gasteiger partial charge is 0.490 e. The Hall–Kier alpha value is -3.22. The molecule has 1 heterocycles. The van der Waals surface area contributed by atoms with Crippen molar-refractivity contribution < 1.29 is 23.5 Å². The van der Waals surface area contributed by atoms with E-state index in [2.05, 4.69) is 10.9 Å². The average Bonchev–Trinajstić information content (AvgIpc) is 3.11. The number of para-hydroxylation sites is 2. The summed E-state index contributed by atoms with van der Waals surface area (Å²) in [6.07, 6.45) is 4.22. The van der Waals surface area contributed by atoms with Crippen LogP contribution < -0.4 is 20.3 Å². The first kappa shape index (κ1) is 17.1. The van der Waals surface area contributed by atoms with Gasteiger partial charge in [0, 0.05) is 6.08 Å². The van der Waals surface area contributed by atoms with E-state index in [0.29, 0.717) is 23.9 Å². The van der Waals surface area contributed by atoms with Crippen molar-refractivity contribution in [2.24, 2.45) is 0 Å². The number of carbonyl (C=O) groups is 2. The fourth-order valence-corrected chi connectivity index (χ4v) is 1.74. The van der Waals surface area contributed by atoms with Crippen LogP contribution in [0, 0.1) is 0 Å². The Balaban J connectivity index is 1.74.